The van der Waals surface area contributed by atoms with Crippen molar-refractivity contribution in [2.75, 3.05) is 30.3 Å². The van der Waals surface area contributed by atoms with Crippen molar-refractivity contribution in [3.63, 3.8) is 0 Å². The van der Waals surface area contributed by atoms with Gasteiger partial charge in [-0.1, -0.05) is 31.2 Å². The van der Waals surface area contributed by atoms with Gasteiger partial charge in [0.1, 0.15) is 0 Å². The van der Waals surface area contributed by atoms with Crippen molar-refractivity contribution in [2.45, 2.75) is 11.8 Å². The molecule has 2 aromatic rings. The maximum atomic E-state index is 12.8. The van der Waals surface area contributed by atoms with Crippen LogP contribution in [-0.4, -0.2) is 35.0 Å². The summed E-state index contributed by atoms with van der Waals surface area (Å²) in [4.78, 5) is 12.2. The van der Waals surface area contributed by atoms with Gasteiger partial charge in [0.05, 0.1) is 10.6 Å². The van der Waals surface area contributed by atoms with Crippen LogP contribution in [0.1, 0.15) is 6.92 Å². The summed E-state index contributed by atoms with van der Waals surface area (Å²) >= 11 is 0. The summed E-state index contributed by atoms with van der Waals surface area (Å²) in [5, 5.41) is 5.70. The summed E-state index contributed by atoms with van der Waals surface area (Å²) in [6, 6.07) is 15.1. The number of rotatable bonds is 7. The zero-order valence-corrected chi connectivity index (χ0v) is 15.4. The number of nitrogens with one attached hydrogen (secondary N) is 2. The molecule has 6 nitrogen and oxygen atoms in total. The van der Waals surface area contributed by atoms with Crippen molar-refractivity contribution in [1.29, 1.82) is 0 Å². The number of carbonyl (C=O) groups excluding carboxylic acids is 1. The molecule has 1 unspecified atom stereocenters. The fraction of sp³-hybridized carbons (Fsp3) is 0.278. The summed E-state index contributed by atoms with van der Waals surface area (Å²) in [5.41, 5.74) is 1.02. The van der Waals surface area contributed by atoms with E-state index in [2.05, 4.69) is 10.6 Å². The number of anilines is 2. The maximum absolute atomic E-state index is 12.8. The van der Waals surface area contributed by atoms with Gasteiger partial charge in [0.2, 0.25) is 5.91 Å². The predicted molar refractivity (Wildman–Crippen MR) is 100 cm³/mol. The number of hydrogen-bond donors (Lipinski definition) is 2. The Labute approximate surface area is 148 Å². The van der Waals surface area contributed by atoms with Crippen molar-refractivity contribution in [3.8, 4) is 0 Å². The number of nitrogens with zero attached hydrogens (tertiary/aromatic N) is 1. The Hall–Kier alpha value is -2.38. The molecule has 0 aliphatic carbocycles. The Morgan fingerprint density at radius 1 is 1.12 bits per heavy atom. The van der Waals surface area contributed by atoms with E-state index in [1.807, 2.05) is 6.07 Å². The van der Waals surface area contributed by atoms with Crippen LogP contribution in [0.2, 0.25) is 0 Å². The van der Waals surface area contributed by atoms with Crippen LogP contribution in [0, 0.1) is 5.92 Å². The highest BCUT2D eigenvalue weighted by Gasteiger charge is 2.22. The highest BCUT2D eigenvalue weighted by Crippen LogP contribution is 2.23. The molecule has 2 aromatic carbocycles. The molecule has 0 aliphatic rings. The smallest absolute Gasteiger partial charge is 0.264 e. The van der Waals surface area contributed by atoms with Crippen molar-refractivity contribution in [1.82, 2.24) is 5.32 Å². The summed E-state index contributed by atoms with van der Waals surface area (Å²) in [5.74, 6) is -0.391. The van der Waals surface area contributed by atoms with E-state index >= 15 is 0 Å². The molecule has 7 heteroatoms. The summed E-state index contributed by atoms with van der Waals surface area (Å²) in [6.07, 6.45) is 0. The van der Waals surface area contributed by atoms with Crippen LogP contribution in [0.25, 0.3) is 0 Å². The van der Waals surface area contributed by atoms with Crippen molar-refractivity contribution < 1.29 is 13.2 Å². The molecule has 1 atom stereocenters. The lowest BCUT2D eigenvalue weighted by Gasteiger charge is -2.20. The van der Waals surface area contributed by atoms with Crippen molar-refractivity contribution >= 4 is 27.3 Å². The number of sulfonamides is 1. The lowest BCUT2D eigenvalue weighted by atomic mass is 10.1. The van der Waals surface area contributed by atoms with E-state index in [4.69, 9.17) is 0 Å². The third kappa shape index (κ3) is 4.58. The van der Waals surface area contributed by atoms with E-state index in [-0.39, 0.29) is 16.7 Å². The van der Waals surface area contributed by atoms with E-state index in [9.17, 15) is 13.2 Å². The molecule has 2 rings (SSSR count). The zero-order valence-electron chi connectivity index (χ0n) is 14.6. The fourth-order valence-electron chi connectivity index (χ4n) is 2.33. The monoisotopic (exact) mass is 361 g/mol. The molecule has 0 saturated carbocycles. The molecule has 134 valence electrons. The molecule has 0 bridgehead atoms. The van der Waals surface area contributed by atoms with Gasteiger partial charge >= 0.3 is 0 Å². The third-order valence-corrected chi connectivity index (χ3v) is 5.62. The molecule has 25 heavy (non-hydrogen) atoms. The van der Waals surface area contributed by atoms with Crippen LogP contribution in [0.15, 0.2) is 59.5 Å². The highest BCUT2D eigenvalue weighted by atomic mass is 32.2. The minimum atomic E-state index is -3.71. The summed E-state index contributed by atoms with van der Waals surface area (Å²) in [6.45, 7) is 2.34. The maximum Gasteiger partial charge on any atom is 0.264 e. The van der Waals surface area contributed by atoms with E-state index in [1.165, 1.54) is 23.5 Å². The highest BCUT2D eigenvalue weighted by molar-refractivity contribution is 7.92. The Morgan fingerprint density at radius 3 is 2.44 bits per heavy atom. The molecule has 0 aromatic heterocycles. The van der Waals surface area contributed by atoms with Gasteiger partial charge in [-0.15, -0.1) is 0 Å². The largest absolute Gasteiger partial charge is 0.326 e. The average Bonchev–Trinajstić information content (AvgIpc) is 2.62. The van der Waals surface area contributed by atoms with E-state index in [0.717, 1.165) is 0 Å². The first kappa shape index (κ1) is 19.0. The zero-order chi connectivity index (χ0) is 18.4. The van der Waals surface area contributed by atoms with Crippen LogP contribution in [0.5, 0.6) is 0 Å². The quantitative estimate of drug-likeness (QED) is 0.793. The SMILES string of the molecule is CNCC(C)C(=O)Nc1cccc(S(=O)(=O)N(C)c2ccccc2)c1. The second-order valence-corrected chi connectivity index (χ2v) is 7.75. The molecular weight excluding hydrogens is 338 g/mol. The Morgan fingerprint density at radius 2 is 1.80 bits per heavy atom. The third-order valence-electron chi connectivity index (χ3n) is 3.84. The number of para-hydroxylation sites is 1. The molecule has 1 amide bonds. The lowest BCUT2D eigenvalue weighted by molar-refractivity contribution is -0.119. The standard InChI is InChI=1S/C18H23N3O3S/c1-14(13-19-2)18(22)20-15-8-7-11-17(12-15)25(23,24)21(3)16-9-5-4-6-10-16/h4-12,14,19H,13H2,1-3H3,(H,20,22). The van der Waals surface area contributed by atoms with Crippen molar-refractivity contribution in [3.05, 3.63) is 54.6 Å². The molecule has 0 saturated heterocycles. The van der Waals surface area contributed by atoms with Crippen LogP contribution in [-0.2, 0) is 14.8 Å². The summed E-state index contributed by atoms with van der Waals surface area (Å²) < 4.78 is 26.8. The number of benzene rings is 2. The first-order valence-electron chi connectivity index (χ1n) is 7.95. The summed E-state index contributed by atoms with van der Waals surface area (Å²) in [7, 11) is -0.432. The van der Waals surface area contributed by atoms with Gasteiger partial charge in [0, 0.05) is 25.2 Å². The van der Waals surface area contributed by atoms with E-state index in [1.54, 1.807) is 50.4 Å². The molecular formula is C18H23N3O3S. The number of hydrogen-bond acceptors (Lipinski definition) is 4. The number of amides is 1. The van der Waals surface area contributed by atoms with Gasteiger partial charge in [-0.25, -0.2) is 8.42 Å². The Balaban J connectivity index is 2.24. The topological polar surface area (TPSA) is 78.5 Å². The Bertz CT molecular complexity index is 822. The van der Waals surface area contributed by atoms with Crippen LogP contribution in [0.3, 0.4) is 0 Å². The van der Waals surface area contributed by atoms with Crippen LogP contribution in [0.4, 0.5) is 11.4 Å². The normalized spacial score (nSPS) is 12.4. The molecule has 0 heterocycles. The second-order valence-electron chi connectivity index (χ2n) is 5.78. The molecule has 0 aliphatic heterocycles. The second kappa shape index (κ2) is 8.13. The molecule has 0 spiro atoms. The van der Waals surface area contributed by atoms with Gasteiger partial charge in [-0.3, -0.25) is 9.10 Å². The van der Waals surface area contributed by atoms with Crippen LogP contribution >= 0.6 is 0 Å². The average molecular weight is 361 g/mol. The van der Waals surface area contributed by atoms with Gasteiger partial charge in [-0.05, 0) is 37.4 Å². The van der Waals surface area contributed by atoms with Gasteiger partial charge < -0.3 is 10.6 Å². The lowest BCUT2D eigenvalue weighted by Crippen LogP contribution is -2.29. The molecule has 0 radical (unpaired) electrons. The predicted octanol–water partition coefficient (Wildman–Crippen LogP) is 2.31. The van der Waals surface area contributed by atoms with Gasteiger partial charge in [0.25, 0.3) is 10.0 Å². The molecule has 2 N–H and O–H groups in total. The van der Waals surface area contributed by atoms with Crippen LogP contribution < -0.4 is 14.9 Å². The van der Waals surface area contributed by atoms with E-state index < -0.39 is 10.0 Å². The van der Waals surface area contributed by atoms with Crippen molar-refractivity contribution in [2.24, 2.45) is 5.92 Å². The first-order chi connectivity index (χ1) is 11.9. The first-order valence-corrected chi connectivity index (χ1v) is 9.39. The van der Waals surface area contributed by atoms with E-state index in [0.29, 0.717) is 17.9 Å². The van der Waals surface area contributed by atoms with Gasteiger partial charge in [-0.2, -0.15) is 0 Å². The number of carbonyl (C=O) groups is 1. The molecule has 0 fully saturated rings. The Kier molecular flexibility index (Phi) is 6.17. The van der Waals surface area contributed by atoms with Gasteiger partial charge in [0.15, 0.2) is 0 Å². The minimum Gasteiger partial charge on any atom is -0.326 e. The fourth-order valence-corrected chi connectivity index (χ4v) is 3.58. The minimum absolute atomic E-state index is 0.123.